The van der Waals surface area contributed by atoms with Crippen LogP contribution in [0.3, 0.4) is 0 Å². The summed E-state index contributed by atoms with van der Waals surface area (Å²) < 4.78 is 19.3. The van der Waals surface area contributed by atoms with Crippen molar-refractivity contribution in [3.8, 4) is 17.2 Å². The molecule has 2 amide bonds. The molecule has 212 valence electrons. The van der Waals surface area contributed by atoms with Crippen LogP contribution in [0.25, 0.3) is 5.65 Å². The third kappa shape index (κ3) is 6.25. The number of benzene rings is 2. The molecule has 2 aromatic heterocycles. The third-order valence-corrected chi connectivity index (χ3v) is 7.36. The maximum Gasteiger partial charge on any atom is 0.258 e. The van der Waals surface area contributed by atoms with Crippen LogP contribution < -0.4 is 24.8 Å². The molecule has 11 nitrogen and oxygen atoms in total. The van der Waals surface area contributed by atoms with Crippen molar-refractivity contribution < 1.29 is 23.8 Å². The van der Waals surface area contributed by atoms with Crippen molar-refractivity contribution in [2.45, 2.75) is 38.1 Å². The summed E-state index contributed by atoms with van der Waals surface area (Å²) in [4.78, 5) is 32.3. The lowest BCUT2D eigenvalue weighted by atomic mass is 10.1. The molecule has 0 unspecified atom stereocenters. The standard InChI is InChI=1S/C30H32N6O5/c1-39-25-9-5-20-6-10-28(37)34-24-17-35(16-22-15-33-36-12-2-11-31-30(22)36)18-27(24)41-23-7-3-21(4-8-23)14-32-29(38)19-40-26(25)13-20/h2-5,7-9,11-13,15,24,27H,6,10,14,16-19H2,1H3,(H,32,38)(H,34,37)/t24-,27-/m0/s1. The topological polar surface area (TPSA) is 119 Å². The molecule has 0 aliphatic carbocycles. The smallest absolute Gasteiger partial charge is 0.258 e. The number of likely N-dealkylation sites (tertiary alicyclic amines) is 1. The Labute approximate surface area is 237 Å². The van der Waals surface area contributed by atoms with Crippen molar-refractivity contribution in [1.82, 2.24) is 30.1 Å². The summed E-state index contributed by atoms with van der Waals surface area (Å²) in [5.41, 5.74) is 3.67. The number of carbonyl (C=O) groups is 2. The number of hydrogen-bond donors (Lipinski definition) is 2. The van der Waals surface area contributed by atoms with Gasteiger partial charge >= 0.3 is 0 Å². The van der Waals surface area contributed by atoms with E-state index in [1.807, 2.05) is 54.9 Å². The van der Waals surface area contributed by atoms with Crippen LogP contribution >= 0.6 is 0 Å². The second-order valence-corrected chi connectivity index (χ2v) is 10.3. The van der Waals surface area contributed by atoms with Crippen molar-refractivity contribution in [3.63, 3.8) is 0 Å². The summed E-state index contributed by atoms with van der Waals surface area (Å²) in [6.07, 6.45) is 6.03. The molecule has 11 heteroatoms. The molecule has 1 saturated heterocycles. The molecule has 7 rings (SSSR count). The van der Waals surface area contributed by atoms with Gasteiger partial charge in [-0.2, -0.15) is 5.10 Å². The predicted molar refractivity (Wildman–Crippen MR) is 150 cm³/mol. The highest BCUT2D eigenvalue weighted by Crippen LogP contribution is 2.29. The Bertz CT molecular complexity index is 1540. The van der Waals surface area contributed by atoms with Gasteiger partial charge in [-0.25, -0.2) is 9.50 Å². The van der Waals surface area contributed by atoms with Crippen LogP contribution in [0.2, 0.25) is 0 Å². The Balaban J connectivity index is 1.22. The fraction of sp³-hybridized carbons (Fsp3) is 0.333. The van der Waals surface area contributed by atoms with Crippen LogP contribution in [0.4, 0.5) is 0 Å². The zero-order valence-corrected chi connectivity index (χ0v) is 22.8. The number of rotatable bonds is 3. The average Bonchev–Trinajstić information content (AvgIpc) is 3.57. The summed E-state index contributed by atoms with van der Waals surface area (Å²) in [6, 6.07) is 14.8. The molecule has 2 aromatic carbocycles. The van der Waals surface area contributed by atoms with Crippen LogP contribution in [-0.4, -0.2) is 70.3 Å². The van der Waals surface area contributed by atoms with Gasteiger partial charge in [0.05, 0.1) is 19.3 Å². The molecule has 4 aromatic rings. The molecule has 3 aliphatic rings. The van der Waals surface area contributed by atoms with E-state index in [2.05, 4.69) is 25.6 Å². The number of carbonyl (C=O) groups excluding carboxylic acids is 2. The molecule has 41 heavy (non-hydrogen) atoms. The molecule has 0 saturated carbocycles. The van der Waals surface area contributed by atoms with E-state index in [-0.39, 0.29) is 30.6 Å². The van der Waals surface area contributed by atoms with Gasteiger partial charge in [-0.3, -0.25) is 14.5 Å². The minimum atomic E-state index is -0.248. The lowest BCUT2D eigenvalue weighted by molar-refractivity contribution is -0.123. The zero-order valence-electron chi connectivity index (χ0n) is 22.8. The van der Waals surface area contributed by atoms with Gasteiger partial charge in [-0.15, -0.1) is 0 Å². The van der Waals surface area contributed by atoms with Crippen LogP contribution in [0.1, 0.15) is 23.1 Å². The zero-order chi connectivity index (χ0) is 28.2. The fourth-order valence-corrected chi connectivity index (χ4v) is 5.25. The Hall–Kier alpha value is -4.64. The van der Waals surface area contributed by atoms with Crippen molar-refractivity contribution >= 4 is 17.5 Å². The molecule has 1 fully saturated rings. The molecule has 4 bridgehead atoms. The Morgan fingerprint density at radius 2 is 1.90 bits per heavy atom. The maximum atomic E-state index is 13.1. The molecule has 3 aliphatic heterocycles. The van der Waals surface area contributed by atoms with Crippen molar-refractivity contribution in [1.29, 1.82) is 0 Å². The molecular weight excluding hydrogens is 524 g/mol. The van der Waals surface area contributed by atoms with E-state index in [1.165, 1.54) is 0 Å². The first-order valence-electron chi connectivity index (χ1n) is 13.6. The number of ether oxygens (including phenoxy) is 3. The monoisotopic (exact) mass is 556 g/mol. The minimum absolute atomic E-state index is 0.0611. The lowest BCUT2D eigenvalue weighted by Crippen LogP contribution is -2.45. The highest BCUT2D eigenvalue weighted by Gasteiger charge is 2.36. The number of nitrogens with one attached hydrogen (secondary N) is 2. The summed E-state index contributed by atoms with van der Waals surface area (Å²) in [5.74, 6) is 1.39. The van der Waals surface area contributed by atoms with Gasteiger partial charge in [0.25, 0.3) is 5.91 Å². The second kappa shape index (κ2) is 11.8. The summed E-state index contributed by atoms with van der Waals surface area (Å²) in [7, 11) is 1.55. The van der Waals surface area contributed by atoms with Crippen molar-refractivity contribution in [2.75, 3.05) is 26.8 Å². The third-order valence-electron chi connectivity index (χ3n) is 7.36. The lowest BCUT2D eigenvalue weighted by Gasteiger charge is -2.21. The van der Waals surface area contributed by atoms with Gasteiger partial charge in [0.2, 0.25) is 5.91 Å². The average molecular weight is 557 g/mol. The number of hydrogen-bond acceptors (Lipinski definition) is 8. The first-order valence-corrected chi connectivity index (χ1v) is 13.6. The molecule has 2 N–H and O–H groups in total. The van der Waals surface area contributed by atoms with Crippen LogP contribution in [0.15, 0.2) is 67.1 Å². The first-order chi connectivity index (χ1) is 20.0. The highest BCUT2D eigenvalue weighted by atomic mass is 16.5. The molecule has 0 spiro atoms. The first kappa shape index (κ1) is 26.6. The summed E-state index contributed by atoms with van der Waals surface area (Å²) >= 11 is 0. The fourth-order valence-electron chi connectivity index (χ4n) is 5.25. The van der Waals surface area contributed by atoms with Gasteiger partial charge in [0, 0.05) is 50.6 Å². The van der Waals surface area contributed by atoms with E-state index in [1.54, 1.807) is 23.9 Å². The van der Waals surface area contributed by atoms with Crippen LogP contribution in [-0.2, 0) is 29.1 Å². The minimum Gasteiger partial charge on any atom is -0.493 e. The second-order valence-electron chi connectivity index (χ2n) is 10.3. The van der Waals surface area contributed by atoms with Crippen LogP contribution in [0, 0.1) is 0 Å². The Morgan fingerprint density at radius 3 is 2.76 bits per heavy atom. The molecule has 5 heterocycles. The predicted octanol–water partition coefficient (Wildman–Crippen LogP) is 2.13. The Kier molecular flexibility index (Phi) is 7.68. The number of aromatic nitrogens is 3. The van der Waals surface area contributed by atoms with Crippen LogP contribution in [0.5, 0.6) is 17.2 Å². The summed E-state index contributed by atoms with van der Waals surface area (Å²) in [5, 5.41) is 10.5. The van der Waals surface area contributed by atoms with Gasteiger partial charge < -0.3 is 24.8 Å². The van der Waals surface area contributed by atoms with E-state index in [4.69, 9.17) is 14.2 Å². The van der Waals surface area contributed by atoms with E-state index >= 15 is 0 Å². The number of fused-ring (bicyclic) bond motifs is 10. The number of methoxy groups -OCH3 is 1. The number of amides is 2. The largest absolute Gasteiger partial charge is 0.493 e. The number of nitrogens with zero attached hydrogens (tertiary/aromatic N) is 4. The van der Waals surface area contributed by atoms with E-state index < -0.39 is 0 Å². The Morgan fingerprint density at radius 1 is 1.05 bits per heavy atom. The van der Waals surface area contributed by atoms with Crippen molar-refractivity contribution in [3.05, 3.63) is 83.8 Å². The van der Waals surface area contributed by atoms with Gasteiger partial charge in [-0.1, -0.05) is 18.2 Å². The number of aryl methyl sites for hydroxylation is 1. The quantitative estimate of drug-likeness (QED) is 0.394. The van der Waals surface area contributed by atoms with E-state index in [0.717, 1.165) is 22.3 Å². The van der Waals surface area contributed by atoms with Gasteiger partial charge in [0.15, 0.2) is 23.8 Å². The van der Waals surface area contributed by atoms with E-state index in [9.17, 15) is 9.59 Å². The highest BCUT2D eigenvalue weighted by molar-refractivity contribution is 5.78. The van der Waals surface area contributed by atoms with E-state index in [0.29, 0.717) is 56.3 Å². The molecule has 2 atom stereocenters. The summed E-state index contributed by atoms with van der Waals surface area (Å²) in [6.45, 7) is 2.12. The maximum absolute atomic E-state index is 13.1. The van der Waals surface area contributed by atoms with Crippen molar-refractivity contribution in [2.24, 2.45) is 0 Å². The molecular formula is C30H32N6O5. The molecule has 0 radical (unpaired) electrons. The van der Waals surface area contributed by atoms with Gasteiger partial charge in [-0.05, 0) is 47.9 Å². The van der Waals surface area contributed by atoms with Gasteiger partial charge in [0.1, 0.15) is 11.9 Å². The SMILES string of the molecule is COc1ccc2cc1OCC(=O)NCc1ccc(cc1)O[C@H]1CN(Cc3cnn4cccnc34)C[C@@H]1NC(=O)CC2. The normalized spacial score (nSPS) is 20.1.